The monoisotopic (exact) mass is 226 g/mol. The molecule has 0 aliphatic rings. The Labute approximate surface area is 90.1 Å². The van der Waals surface area contributed by atoms with Gasteiger partial charge in [-0.25, -0.2) is 0 Å². The van der Waals surface area contributed by atoms with Crippen LogP contribution in [0, 0.1) is 4.64 Å². The van der Waals surface area contributed by atoms with Gasteiger partial charge in [-0.1, -0.05) is 23.8 Å². The molecule has 0 fully saturated rings. The third-order valence-electron chi connectivity index (χ3n) is 1.98. The Morgan fingerprint density at radius 1 is 1.43 bits per heavy atom. The van der Waals surface area contributed by atoms with E-state index in [1.807, 2.05) is 0 Å². The van der Waals surface area contributed by atoms with Crippen molar-refractivity contribution >= 4 is 40.6 Å². The molecule has 72 valence electrons. The maximum Gasteiger partial charge on any atom is 0.177 e. The van der Waals surface area contributed by atoms with Crippen LogP contribution in [0.2, 0.25) is 5.02 Å². The molecule has 0 aliphatic carbocycles. The first kappa shape index (κ1) is 9.43. The first-order valence-corrected chi connectivity index (χ1v) is 4.79. The zero-order chi connectivity index (χ0) is 10.3. The van der Waals surface area contributed by atoms with E-state index in [-0.39, 0.29) is 5.78 Å². The number of hydrogen-bond donors (Lipinski definition) is 2. The van der Waals surface area contributed by atoms with Crippen molar-refractivity contribution in [3.05, 3.63) is 27.5 Å². The van der Waals surface area contributed by atoms with Crippen LogP contribution >= 0.6 is 23.8 Å². The minimum absolute atomic E-state index is 0.0921. The molecule has 0 aromatic carbocycles. The number of hydrogen-bond acceptors (Lipinski definition) is 2. The van der Waals surface area contributed by atoms with Crippen LogP contribution in [0.1, 0.15) is 17.4 Å². The van der Waals surface area contributed by atoms with Crippen molar-refractivity contribution in [2.75, 3.05) is 0 Å². The number of halogens is 1. The summed E-state index contributed by atoms with van der Waals surface area (Å²) in [5.41, 5.74) is 1.10. The molecule has 3 nitrogen and oxygen atoms in total. The Balaban J connectivity index is 2.86. The predicted octanol–water partition coefficient (Wildman–Crippen LogP) is 3.08. The summed E-state index contributed by atoms with van der Waals surface area (Å²) in [5, 5.41) is 1.23. The molecule has 5 heteroatoms. The lowest BCUT2D eigenvalue weighted by Crippen LogP contribution is -1.91. The average molecular weight is 227 g/mol. The van der Waals surface area contributed by atoms with Gasteiger partial charge in [-0.2, -0.15) is 0 Å². The molecule has 0 unspecified atom stereocenters. The van der Waals surface area contributed by atoms with Crippen molar-refractivity contribution in [1.82, 2.24) is 9.97 Å². The lowest BCUT2D eigenvalue weighted by Gasteiger charge is -1.88. The van der Waals surface area contributed by atoms with Gasteiger partial charge >= 0.3 is 0 Å². The number of carbonyl (C=O) groups excluding carboxylic acids is 1. The number of carbonyl (C=O) groups is 1. The van der Waals surface area contributed by atoms with Gasteiger partial charge in [0.05, 0.1) is 5.02 Å². The van der Waals surface area contributed by atoms with Crippen LogP contribution in [0.3, 0.4) is 0 Å². The smallest absolute Gasteiger partial charge is 0.177 e. The molecule has 14 heavy (non-hydrogen) atoms. The van der Waals surface area contributed by atoms with Crippen molar-refractivity contribution in [3.8, 4) is 0 Å². The number of aromatic amines is 2. The molecule has 0 radical (unpaired) electrons. The van der Waals surface area contributed by atoms with Crippen LogP contribution in [0.5, 0.6) is 0 Å². The second kappa shape index (κ2) is 3.22. The van der Waals surface area contributed by atoms with E-state index < -0.39 is 0 Å². The number of aromatic nitrogens is 2. The number of rotatable bonds is 1. The van der Waals surface area contributed by atoms with Gasteiger partial charge in [0.2, 0.25) is 0 Å². The highest BCUT2D eigenvalue weighted by atomic mass is 35.5. The van der Waals surface area contributed by atoms with Crippen LogP contribution in [0.15, 0.2) is 12.1 Å². The Kier molecular flexibility index (Phi) is 2.17. The van der Waals surface area contributed by atoms with Crippen molar-refractivity contribution in [2.45, 2.75) is 6.92 Å². The van der Waals surface area contributed by atoms with Gasteiger partial charge in [-0.05, 0) is 12.1 Å². The maximum absolute atomic E-state index is 11.2. The number of ketones is 1. The number of Topliss-reactive ketones (excluding diaryl/α,β-unsaturated/α-hetero) is 1. The zero-order valence-electron chi connectivity index (χ0n) is 7.35. The van der Waals surface area contributed by atoms with Gasteiger partial charge in [-0.3, -0.25) is 4.79 Å². The SMILES string of the molecule is CC(=O)c1[nH]c2[nH]c(=S)ccc2c1Cl. The van der Waals surface area contributed by atoms with Gasteiger partial charge in [0.1, 0.15) is 16.0 Å². The number of nitrogens with one attached hydrogen (secondary N) is 2. The molecule has 2 aromatic rings. The van der Waals surface area contributed by atoms with Gasteiger partial charge < -0.3 is 9.97 Å². The lowest BCUT2D eigenvalue weighted by molar-refractivity contribution is 0.101. The fourth-order valence-electron chi connectivity index (χ4n) is 1.31. The molecule has 0 amide bonds. The molecule has 2 rings (SSSR count). The third-order valence-corrected chi connectivity index (χ3v) is 2.61. The van der Waals surface area contributed by atoms with E-state index in [9.17, 15) is 4.79 Å². The number of pyridine rings is 1. The van der Waals surface area contributed by atoms with E-state index >= 15 is 0 Å². The summed E-state index contributed by atoms with van der Waals surface area (Å²) in [5.74, 6) is -0.0921. The van der Waals surface area contributed by atoms with E-state index in [2.05, 4.69) is 9.97 Å². The van der Waals surface area contributed by atoms with Crippen LogP contribution in [0.4, 0.5) is 0 Å². The molecule has 0 spiro atoms. The third kappa shape index (κ3) is 1.36. The van der Waals surface area contributed by atoms with Gasteiger partial charge in [0.25, 0.3) is 0 Å². The minimum atomic E-state index is -0.0921. The molecule has 0 bridgehead atoms. The highest BCUT2D eigenvalue weighted by molar-refractivity contribution is 7.71. The summed E-state index contributed by atoms with van der Waals surface area (Å²) in [7, 11) is 0. The number of H-pyrrole nitrogens is 2. The van der Waals surface area contributed by atoms with E-state index in [4.69, 9.17) is 23.8 Å². The second-order valence-electron chi connectivity index (χ2n) is 2.98. The zero-order valence-corrected chi connectivity index (χ0v) is 8.92. The van der Waals surface area contributed by atoms with Crippen molar-refractivity contribution in [3.63, 3.8) is 0 Å². The van der Waals surface area contributed by atoms with Crippen LogP contribution in [0.25, 0.3) is 11.0 Å². The standard InChI is InChI=1S/C9H7ClN2OS/c1-4(13)8-7(10)5-2-3-6(14)11-9(5)12-8/h2-3H,1H3,(H2,11,12,14). The normalized spacial score (nSPS) is 10.7. The molecular weight excluding hydrogens is 220 g/mol. The van der Waals surface area contributed by atoms with Crippen LogP contribution < -0.4 is 0 Å². The molecule has 0 aliphatic heterocycles. The van der Waals surface area contributed by atoms with Crippen LogP contribution in [-0.2, 0) is 0 Å². The molecular formula is C9H7ClN2OS. The van der Waals surface area contributed by atoms with Gasteiger partial charge in [0, 0.05) is 12.3 Å². The quantitative estimate of drug-likeness (QED) is 0.580. The van der Waals surface area contributed by atoms with Crippen molar-refractivity contribution < 1.29 is 4.79 Å². The van der Waals surface area contributed by atoms with E-state index in [0.717, 1.165) is 5.39 Å². The van der Waals surface area contributed by atoms with Gasteiger partial charge in [-0.15, -0.1) is 0 Å². The summed E-state index contributed by atoms with van der Waals surface area (Å²) in [4.78, 5) is 17.0. The summed E-state index contributed by atoms with van der Waals surface area (Å²) in [6, 6.07) is 3.53. The summed E-state index contributed by atoms with van der Waals surface area (Å²) in [6.45, 7) is 1.46. The lowest BCUT2D eigenvalue weighted by atomic mass is 10.3. The Morgan fingerprint density at radius 3 is 2.79 bits per heavy atom. The molecule has 2 N–H and O–H groups in total. The fourth-order valence-corrected chi connectivity index (χ4v) is 1.82. The molecule has 2 heterocycles. The summed E-state index contributed by atoms with van der Waals surface area (Å²) in [6.07, 6.45) is 0. The number of fused-ring (bicyclic) bond motifs is 1. The second-order valence-corrected chi connectivity index (χ2v) is 3.80. The van der Waals surface area contributed by atoms with E-state index in [1.54, 1.807) is 12.1 Å². The van der Waals surface area contributed by atoms with Crippen molar-refractivity contribution in [2.24, 2.45) is 0 Å². The molecule has 2 aromatic heterocycles. The highest BCUT2D eigenvalue weighted by Crippen LogP contribution is 2.26. The Hall–Kier alpha value is -1.13. The van der Waals surface area contributed by atoms with E-state index in [0.29, 0.717) is 21.0 Å². The van der Waals surface area contributed by atoms with Gasteiger partial charge in [0.15, 0.2) is 5.78 Å². The summed E-state index contributed by atoms with van der Waals surface area (Å²) < 4.78 is 0.602. The predicted molar refractivity (Wildman–Crippen MR) is 58.5 cm³/mol. The fraction of sp³-hybridized carbons (Fsp3) is 0.111. The Morgan fingerprint density at radius 2 is 2.14 bits per heavy atom. The molecule has 0 atom stereocenters. The first-order valence-electron chi connectivity index (χ1n) is 4.01. The highest BCUT2D eigenvalue weighted by Gasteiger charge is 2.12. The van der Waals surface area contributed by atoms with Crippen LogP contribution in [-0.4, -0.2) is 15.8 Å². The molecule has 0 saturated carbocycles. The maximum atomic E-state index is 11.2. The van der Waals surface area contributed by atoms with Crippen molar-refractivity contribution in [1.29, 1.82) is 0 Å². The largest absolute Gasteiger partial charge is 0.337 e. The summed E-state index contributed by atoms with van der Waals surface area (Å²) >= 11 is 11.0. The minimum Gasteiger partial charge on any atom is -0.337 e. The molecule has 0 saturated heterocycles. The first-order chi connectivity index (χ1) is 6.59. The van der Waals surface area contributed by atoms with E-state index in [1.165, 1.54) is 6.92 Å². The Bertz CT molecular complexity index is 570. The average Bonchev–Trinajstić information content (AvgIpc) is 2.43. The topological polar surface area (TPSA) is 48.6 Å².